The van der Waals surface area contributed by atoms with E-state index >= 15 is 0 Å². The molecule has 0 amide bonds. The predicted molar refractivity (Wildman–Crippen MR) is 46.3 cm³/mol. The summed E-state index contributed by atoms with van der Waals surface area (Å²) in [7, 11) is 0. The average molecular weight is 154 g/mol. The molecule has 11 heavy (non-hydrogen) atoms. The molecule has 0 bridgehead atoms. The van der Waals surface area contributed by atoms with Crippen LogP contribution in [0.2, 0.25) is 0 Å². The monoisotopic (exact) mass is 154 g/mol. The Kier molecular flexibility index (Phi) is 2.69. The number of carbonyl (C=O) groups is 1. The molecule has 0 aromatic rings. The first kappa shape index (κ1) is 8.76. The van der Waals surface area contributed by atoms with E-state index in [-0.39, 0.29) is 0 Å². The molecule has 0 saturated heterocycles. The van der Waals surface area contributed by atoms with Crippen molar-refractivity contribution in [2.75, 3.05) is 0 Å². The first-order valence-corrected chi connectivity index (χ1v) is 4.60. The van der Waals surface area contributed by atoms with Gasteiger partial charge >= 0.3 is 0 Å². The van der Waals surface area contributed by atoms with Gasteiger partial charge in [-0.1, -0.05) is 20.8 Å². The van der Waals surface area contributed by atoms with E-state index in [0.717, 1.165) is 12.2 Å². The fourth-order valence-electron chi connectivity index (χ4n) is 2.51. The van der Waals surface area contributed by atoms with Crippen molar-refractivity contribution in [1.82, 2.24) is 0 Å². The number of aldehydes is 1. The third-order valence-electron chi connectivity index (χ3n) is 3.02. The first-order chi connectivity index (χ1) is 5.15. The molecule has 1 aliphatic rings. The van der Waals surface area contributed by atoms with Gasteiger partial charge in [0.1, 0.15) is 6.29 Å². The Morgan fingerprint density at radius 1 is 1.09 bits per heavy atom. The molecule has 0 aromatic heterocycles. The Morgan fingerprint density at radius 2 is 1.55 bits per heavy atom. The summed E-state index contributed by atoms with van der Waals surface area (Å²) in [6.07, 6.45) is 3.61. The molecule has 1 rings (SSSR count). The van der Waals surface area contributed by atoms with Crippen LogP contribution in [0.25, 0.3) is 0 Å². The summed E-state index contributed by atoms with van der Waals surface area (Å²) < 4.78 is 0. The number of hydrogen-bond donors (Lipinski definition) is 0. The lowest BCUT2D eigenvalue weighted by Gasteiger charge is -2.34. The van der Waals surface area contributed by atoms with E-state index < -0.39 is 0 Å². The summed E-state index contributed by atoms with van der Waals surface area (Å²) >= 11 is 0. The summed E-state index contributed by atoms with van der Waals surface area (Å²) in [5.41, 5.74) is 0. The van der Waals surface area contributed by atoms with Crippen LogP contribution in [0.5, 0.6) is 0 Å². The lowest BCUT2D eigenvalue weighted by molar-refractivity contribution is -0.115. The third-order valence-corrected chi connectivity index (χ3v) is 3.02. The Labute approximate surface area is 69.2 Å². The van der Waals surface area contributed by atoms with Crippen molar-refractivity contribution in [3.63, 3.8) is 0 Å². The van der Waals surface area contributed by atoms with Gasteiger partial charge in [-0.25, -0.2) is 0 Å². The van der Waals surface area contributed by atoms with Crippen LogP contribution in [0.1, 0.15) is 33.6 Å². The molecular formula is C10H18O. The van der Waals surface area contributed by atoms with Crippen molar-refractivity contribution in [2.24, 2.45) is 23.7 Å². The zero-order valence-electron chi connectivity index (χ0n) is 7.71. The maximum Gasteiger partial charge on any atom is 0.123 e. The molecule has 0 aliphatic heterocycles. The van der Waals surface area contributed by atoms with Gasteiger partial charge in [-0.05, 0) is 30.6 Å². The second kappa shape index (κ2) is 3.38. The van der Waals surface area contributed by atoms with Crippen molar-refractivity contribution in [1.29, 1.82) is 0 Å². The molecule has 0 N–H and O–H groups in total. The number of rotatable bonds is 1. The van der Waals surface area contributed by atoms with E-state index in [0.29, 0.717) is 17.8 Å². The quantitative estimate of drug-likeness (QED) is 0.530. The molecule has 1 nitrogen and oxygen atoms in total. The Hall–Kier alpha value is -0.330. The molecule has 64 valence electrons. The third kappa shape index (κ3) is 1.82. The summed E-state index contributed by atoms with van der Waals surface area (Å²) in [5, 5.41) is 0. The topological polar surface area (TPSA) is 17.1 Å². The minimum absolute atomic E-state index is 0.325. The second-order valence-corrected chi connectivity index (χ2v) is 4.24. The maximum absolute atomic E-state index is 10.7. The van der Waals surface area contributed by atoms with Crippen molar-refractivity contribution >= 4 is 6.29 Å². The summed E-state index contributed by atoms with van der Waals surface area (Å²) in [6, 6.07) is 0. The molecular weight excluding hydrogens is 136 g/mol. The van der Waals surface area contributed by atoms with Crippen LogP contribution in [0.15, 0.2) is 0 Å². The second-order valence-electron chi connectivity index (χ2n) is 4.24. The molecule has 1 fully saturated rings. The number of carbonyl (C=O) groups excluding carboxylic acids is 1. The van der Waals surface area contributed by atoms with E-state index in [2.05, 4.69) is 20.8 Å². The molecule has 1 aliphatic carbocycles. The molecule has 1 saturated carbocycles. The largest absolute Gasteiger partial charge is 0.303 e. The molecule has 2 unspecified atom stereocenters. The molecule has 1 heteroatoms. The molecule has 0 radical (unpaired) electrons. The standard InChI is InChI=1S/C10H18O/c1-7-4-8(2)10(6-11)9(3)5-7/h6-10H,4-5H2,1-3H3. The smallest absolute Gasteiger partial charge is 0.123 e. The van der Waals surface area contributed by atoms with Gasteiger partial charge in [-0.2, -0.15) is 0 Å². The SMILES string of the molecule is CC1CC(C)C(C=O)C(C)C1. The van der Waals surface area contributed by atoms with Crippen LogP contribution in [0, 0.1) is 23.7 Å². The summed E-state index contributed by atoms with van der Waals surface area (Å²) in [5.74, 6) is 2.35. The van der Waals surface area contributed by atoms with Gasteiger partial charge in [0, 0.05) is 5.92 Å². The van der Waals surface area contributed by atoms with E-state index in [9.17, 15) is 4.79 Å². The zero-order valence-corrected chi connectivity index (χ0v) is 7.71. The minimum Gasteiger partial charge on any atom is -0.303 e. The van der Waals surface area contributed by atoms with Crippen molar-refractivity contribution in [3.05, 3.63) is 0 Å². The highest BCUT2D eigenvalue weighted by Gasteiger charge is 2.30. The average Bonchev–Trinajstić information content (AvgIpc) is 1.85. The fourth-order valence-corrected chi connectivity index (χ4v) is 2.51. The highest BCUT2D eigenvalue weighted by Crippen LogP contribution is 2.36. The molecule has 2 atom stereocenters. The Bertz CT molecular complexity index is 130. The lowest BCUT2D eigenvalue weighted by atomic mass is 9.70. The van der Waals surface area contributed by atoms with Crippen LogP contribution in [-0.4, -0.2) is 6.29 Å². The summed E-state index contributed by atoms with van der Waals surface area (Å²) in [4.78, 5) is 10.7. The van der Waals surface area contributed by atoms with Gasteiger partial charge in [0.25, 0.3) is 0 Å². The van der Waals surface area contributed by atoms with Gasteiger partial charge in [0.15, 0.2) is 0 Å². The molecule has 0 heterocycles. The highest BCUT2D eigenvalue weighted by molar-refractivity contribution is 5.54. The van der Waals surface area contributed by atoms with E-state index in [1.165, 1.54) is 12.8 Å². The van der Waals surface area contributed by atoms with Crippen LogP contribution in [0.3, 0.4) is 0 Å². The van der Waals surface area contributed by atoms with Gasteiger partial charge in [-0.3, -0.25) is 0 Å². The van der Waals surface area contributed by atoms with Crippen LogP contribution < -0.4 is 0 Å². The minimum atomic E-state index is 0.325. The van der Waals surface area contributed by atoms with E-state index in [1.807, 2.05) is 0 Å². The zero-order chi connectivity index (χ0) is 8.43. The Balaban J connectivity index is 2.58. The van der Waals surface area contributed by atoms with Crippen molar-refractivity contribution < 1.29 is 4.79 Å². The van der Waals surface area contributed by atoms with Crippen molar-refractivity contribution in [2.45, 2.75) is 33.6 Å². The van der Waals surface area contributed by atoms with Gasteiger partial charge in [-0.15, -0.1) is 0 Å². The molecule has 0 aromatic carbocycles. The number of hydrogen-bond acceptors (Lipinski definition) is 1. The van der Waals surface area contributed by atoms with Gasteiger partial charge < -0.3 is 4.79 Å². The van der Waals surface area contributed by atoms with Crippen LogP contribution >= 0.6 is 0 Å². The lowest BCUT2D eigenvalue weighted by Crippen LogP contribution is -2.29. The maximum atomic E-state index is 10.7. The van der Waals surface area contributed by atoms with E-state index in [1.54, 1.807) is 0 Å². The van der Waals surface area contributed by atoms with Gasteiger partial charge in [0.2, 0.25) is 0 Å². The Morgan fingerprint density at radius 3 is 1.91 bits per heavy atom. The van der Waals surface area contributed by atoms with Crippen LogP contribution in [-0.2, 0) is 4.79 Å². The normalized spacial score (nSPS) is 45.4. The van der Waals surface area contributed by atoms with Crippen molar-refractivity contribution in [3.8, 4) is 0 Å². The van der Waals surface area contributed by atoms with E-state index in [4.69, 9.17) is 0 Å². The summed E-state index contributed by atoms with van der Waals surface area (Å²) in [6.45, 7) is 6.68. The fraction of sp³-hybridized carbons (Fsp3) is 0.900. The van der Waals surface area contributed by atoms with Crippen LogP contribution in [0.4, 0.5) is 0 Å². The first-order valence-electron chi connectivity index (χ1n) is 4.60. The highest BCUT2D eigenvalue weighted by atomic mass is 16.1. The predicted octanol–water partition coefficient (Wildman–Crippen LogP) is 2.50. The van der Waals surface area contributed by atoms with Gasteiger partial charge in [0.05, 0.1) is 0 Å². The molecule has 0 spiro atoms.